The van der Waals surface area contributed by atoms with Gasteiger partial charge in [0.15, 0.2) is 0 Å². The molecule has 0 radical (unpaired) electrons. The number of hydrogen-bond acceptors (Lipinski definition) is 4. The minimum absolute atomic E-state index is 0.233. The van der Waals surface area contributed by atoms with Gasteiger partial charge in [-0.25, -0.2) is 8.42 Å². The molecule has 1 aromatic rings. The number of sulfonamides is 1. The molecular weight excluding hydrogens is 360 g/mol. The van der Waals surface area contributed by atoms with Crippen LogP contribution in [0.1, 0.15) is 32.1 Å². The van der Waals surface area contributed by atoms with Gasteiger partial charge in [-0.1, -0.05) is 20.8 Å². The Morgan fingerprint density at radius 2 is 2.05 bits per heavy atom. The maximum absolute atomic E-state index is 12.8. The van der Waals surface area contributed by atoms with E-state index in [0.717, 1.165) is 15.1 Å². The monoisotopic (exact) mass is 382 g/mol. The van der Waals surface area contributed by atoms with Gasteiger partial charge in [-0.05, 0) is 47.3 Å². The molecule has 0 aliphatic carbocycles. The van der Waals surface area contributed by atoms with E-state index in [2.05, 4.69) is 15.9 Å². The molecule has 0 aliphatic rings. The standard InChI is InChI=1S/C13H23BrN2O2S2/c1-5-6-16(9-13(3,4)8-15)20(17,18)11-7-12(14)19-10(11)2/h7H,5-6,8-9,15H2,1-4H3. The van der Waals surface area contributed by atoms with Crippen LogP contribution >= 0.6 is 27.3 Å². The van der Waals surface area contributed by atoms with Gasteiger partial charge >= 0.3 is 0 Å². The van der Waals surface area contributed by atoms with Crippen molar-refractivity contribution < 1.29 is 8.42 Å². The van der Waals surface area contributed by atoms with Crippen LogP contribution in [0.2, 0.25) is 0 Å². The summed E-state index contributed by atoms with van der Waals surface area (Å²) < 4.78 is 28.0. The molecular formula is C13H23BrN2O2S2. The molecule has 0 saturated heterocycles. The molecule has 0 unspecified atom stereocenters. The first-order chi connectivity index (χ1) is 9.14. The summed E-state index contributed by atoms with van der Waals surface area (Å²) in [6.45, 7) is 9.19. The summed E-state index contributed by atoms with van der Waals surface area (Å²) in [6, 6.07) is 1.69. The number of thiophene rings is 1. The summed E-state index contributed by atoms with van der Waals surface area (Å²) in [5.41, 5.74) is 5.51. The predicted octanol–water partition coefficient (Wildman–Crippen LogP) is 3.20. The van der Waals surface area contributed by atoms with Gasteiger partial charge in [0.2, 0.25) is 10.0 Å². The first-order valence-electron chi connectivity index (χ1n) is 6.60. The molecule has 116 valence electrons. The van der Waals surface area contributed by atoms with Gasteiger partial charge < -0.3 is 5.73 Å². The summed E-state index contributed by atoms with van der Waals surface area (Å²) in [7, 11) is -3.46. The fraction of sp³-hybridized carbons (Fsp3) is 0.692. The van der Waals surface area contributed by atoms with E-state index in [1.54, 1.807) is 10.4 Å². The first kappa shape index (κ1) is 18.1. The molecule has 7 heteroatoms. The number of halogens is 1. The molecule has 0 saturated carbocycles. The zero-order valence-electron chi connectivity index (χ0n) is 12.4. The van der Waals surface area contributed by atoms with E-state index >= 15 is 0 Å². The lowest BCUT2D eigenvalue weighted by atomic mass is 9.94. The molecule has 0 aromatic carbocycles. The largest absolute Gasteiger partial charge is 0.330 e. The summed E-state index contributed by atoms with van der Waals surface area (Å²) in [5, 5.41) is 0. The van der Waals surface area contributed by atoms with Gasteiger partial charge in [-0.15, -0.1) is 11.3 Å². The molecule has 2 N–H and O–H groups in total. The van der Waals surface area contributed by atoms with Crippen LogP contribution < -0.4 is 5.73 Å². The Hall–Kier alpha value is 0.0500. The molecule has 1 aromatic heterocycles. The van der Waals surface area contributed by atoms with Gasteiger partial charge in [0.1, 0.15) is 0 Å². The Morgan fingerprint density at radius 1 is 1.45 bits per heavy atom. The van der Waals surface area contributed by atoms with E-state index in [4.69, 9.17) is 5.73 Å². The summed E-state index contributed by atoms with van der Waals surface area (Å²) in [4.78, 5) is 1.21. The average molecular weight is 383 g/mol. The fourth-order valence-corrected chi connectivity index (χ4v) is 6.01. The zero-order chi connectivity index (χ0) is 15.6. The van der Waals surface area contributed by atoms with Crippen molar-refractivity contribution in [3.8, 4) is 0 Å². The van der Waals surface area contributed by atoms with E-state index < -0.39 is 10.0 Å². The van der Waals surface area contributed by atoms with Crippen molar-refractivity contribution in [1.82, 2.24) is 4.31 Å². The average Bonchev–Trinajstić information content (AvgIpc) is 2.68. The second kappa shape index (κ2) is 6.87. The lowest BCUT2D eigenvalue weighted by Gasteiger charge is -2.31. The number of nitrogens with zero attached hydrogens (tertiary/aromatic N) is 1. The summed E-state index contributed by atoms with van der Waals surface area (Å²) in [5.74, 6) is 0. The Morgan fingerprint density at radius 3 is 2.45 bits per heavy atom. The molecule has 20 heavy (non-hydrogen) atoms. The van der Waals surface area contributed by atoms with Gasteiger partial charge in [-0.2, -0.15) is 4.31 Å². The van der Waals surface area contributed by atoms with E-state index in [0.29, 0.717) is 24.5 Å². The second-order valence-electron chi connectivity index (χ2n) is 5.68. The molecule has 0 spiro atoms. The van der Waals surface area contributed by atoms with Crippen molar-refractivity contribution in [2.24, 2.45) is 11.1 Å². The van der Waals surface area contributed by atoms with Gasteiger partial charge in [0, 0.05) is 18.0 Å². The van der Waals surface area contributed by atoms with Crippen LogP contribution in [0.15, 0.2) is 14.7 Å². The van der Waals surface area contributed by atoms with Gasteiger partial charge in [-0.3, -0.25) is 0 Å². The van der Waals surface area contributed by atoms with Crippen LogP contribution in [0.4, 0.5) is 0 Å². The first-order valence-corrected chi connectivity index (χ1v) is 9.65. The predicted molar refractivity (Wildman–Crippen MR) is 88.6 cm³/mol. The van der Waals surface area contributed by atoms with Crippen molar-refractivity contribution >= 4 is 37.3 Å². The van der Waals surface area contributed by atoms with E-state index in [-0.39, 0.29) is 5.41 Å². The Labute approximate surface area is 134 Å². The van der Waals surface area contributed by atoms with Crippen molar-refractivity contribution in [3.05, 3.63) is 14.7 Å². The number of nitrogens with two attached hydrogens (primary N) is 1. The zero-order valence-corrected chi connectivity index (χ0v) is 15.7. The molecule has 4 nitrogen and oxygen atoms in total. The third-order valence-corrected chi connectivity index (χ3v) is 6.74. The normalized spacial score (nSPS) is 13.2. The maximum atomic E-state index is 12.8. The van der Waals surface area contributed by atoms with Crippen molar-refractivity contribution in [1.29, 1.82) is 0 Å². The molecule has 0 bridgehead atoms. The van der Waals surface area contributed by atoms with Crippen LogP contribution in [0.25, 0.3) is 0 Å². The van der Waals surface area contributed by atoms with E-state index in [1.807, 2.05) is 27.7 Å². The summed E-state index contributed by atoms with van der Waals surface area (Å²) >= 11 is 4.80. The molecule has 0 aliphatic heterocycles. The molecule has 1 rings (SSSR count). The third-order valence-electron chi connectivity index (χ3n) is 3.09. The second-order valence-corrected chi connectivity index (χ2v) is 10.2. The molecule has 0 atom stereocenters. The Kier molecular flexibility index (Phi) is 6.22. The highest BCUT2D eigenvalue weighted by Gasteiger charge is 2.31. The van der Waals surface area contributed by atoms with E-state index in [1.165, 1.54) is 11.3 Å². The fourth-order valence-electron chi connectivity index (χ4n) is 1.90. The lowest BCUT2D eigenvalue weighted by molar-refractivity contribution is 0.266. The SMILES string of the molecule is CCCN(CC(C)(C)CN)S(=O)(=O)c1cc(Br)sc1C. The lowest BCUT2D eigenvalue weighted by Crippen LogP contribution is -2.42. The van der Waals surface area contributed by atoms with Gasteiger partial charge in [0.25, 0.3) is 0 Å². The highest BCUT2D eigenvalue weighted by atomic mass is 79.9. The van der Waals surface area contributed by atoms with Crippen LogP contribution in [0.3, 0.4) is 0 Å². The quantitative estimate of drug-likeness (QED) is 0.787. The highest BCUT2D eigenvalue weighted by molar-refractivity contribution is 9.11. The Balaban J connectivity index is 3.16. The molecule has 0 fully saturated rings. The van der Waals surface area contributed by atoms with Crippen LogP contribution in [0, 0.1) is 12.3 Å². The Bertz CT molecular complexity index is 553. The van der Waals surface area contributed by atoms with Gasteiger partial charge in [0.05, 0.1) is 8.68 Å². The minimum atomic E-state index is -3.46. The van der Waals surface area contributed by atoms with E-state index in [9.17, 15) is 8.42 Å². The third kappa shape index (κ3) is 4.27. The minimum Gasteiger partial charge on any atom is -0.330 e. The van der Waals surface area contributed by atoms with Crippen molar-refractivity contribution in [3.63, 3.8) is 0 Å². The topological polar surface area (TPSA) is 63.4 Å². The number of rotatable bonds is 7. The van der Waals surface area contributed by atoms with Crippen molar-refractivity contribution in [2.75, 3.05) is 19.6 Å². The maximum Gasteiger partial charge on any atom is 0.244 e. The smallest absolute Gasteiger partial charge is 0.244 e. The van der Waals surface area contributed by atoms with Crippen LogP contribution in [-0.2, 0) is 10.0 Å². The van der Waals surface area contributed by atoms with Crippen molar-refractivity contribution in [2.45, 2.75) is 39.0 Å². The number of aryl methyl sites for hydroxylation is 1. The highest BCUT2D eigenvalue weighted by Crippen LogP contribution is 2.32. The number of hydrogen-bond donors (Lipinski definition) is 1. The van der Waals surface area contributed by atoms with Crippen LogP contribution in [-0.4, -0.2) is 32.4 Å². The summed E-state index contributed by atoms with van der Waals surface area (Å²) in [6.07, 6.45) is 0.782. The molecule has 1 heterocycles. The molecule has 0 amide bonds. The van der Waals surface area contributed by atoms with Crippen LogP contribution in [0.5, 0.6) is 0 Å².